The number of nitrogens with zero attached hydrogens (tertiary/aromatic N) is 3. The summed E-state index contributed by atoms with van der Waals surface area (Å²) in [6, 6.07) is 11.2. The van der Waals surface area contributed by atoms with Gasteiger partial charge in [0.1, 0.15) is 0 Å². The summed E-state index contributed by atoms with van der Waals surface area (Å²) in [5, 5.41) is 7.01. The molecule has 1 fully saturated rings. The summed E-state index contributed by atoms with van der Waals surface area (Å²) < 4.78 is 5.12. The van der Waals surface area contributed by atoms with Crippen molar-refractivity contribution in [1.29, 1.82) is 0 Å². The zero-order valence-electron chi connectivity index (χ0n) is 17.3. The first-order valence-electron chi connectivity index (χ1n) is 10.2. The Hall–Kier alpha value is -1.63. The van der Waals surface area contributed by atoms with Gasteiger partial charge in [0.15, 0.2) is 5.96 Å². The topological polar surface area (TPSA) is 52.1 Å². The highest BCUT2D eigenvalue weighted by atomic mass is 16.5. The summed E-state index contributed by atoms with van der Waals surface area (Å²) in [7, 11) is 3.85. The van der Waals surface area contributed by atoms with Gasteiger partial charge in [-0.05, 0) is 32.4 Å². The van der Waals surface area contributed by atoms with Crippen LogP contribution in [0, 0.1) is 0 Å². The average molecular weight is 376 g/mol. The summed E-state index contributed by atoms with van der Waals surface area (Å²) >= 11 is 0. The van der Waals surface area contributed by atoms with E-state index in [1.165, 1.54) is 5.56 Å². The number of hydrogen-bond donors (Lipinski definition) is 2. The molecule has 152 valence electrons. The highest BCUT2D eigenvalue weighted by molar-refractivity contribution is 5.80. The molecule has 1 saturated heterocycles. The van der Waals surface area contributed by atoms with Crippen molar-refractivity contribution in [2.75, 3.05) is 60.0 Å². The lowest BCUT2D eigenvalue weighted by atomic mass is 10.0. The molecule has 2 rings (SSSR count). The van der Waals surface area contributed by atoms with Gasteiger partial charge in [-0.3, -0.25) is 9.89 Å². The minimum Gasteiger partial charge on any atom is -0.383 e. The van der Waals surface area contributed by atoms with Crippen molar-refractivity contribution in [3.05, 3.63) is 35.9 Å². The lowest BCUT2D eigenvalue weighted by Gasteiger charge is -2.33. The van der Waals surface area contributed by atoms with E-state index in [2.05, 4.69) is 64.7 Å². The molecule has 0 bridgehead atoms. The summed E-state index contributed by atoms with van der Waals surface area (Å²) in [6.07, 6.45) is 2.32. The molecule has 6 heteroatoms. The zero-order chi connectivity index (χ0) is 19.3. The zero-order valence-corrected chi connectivity index (χ0v) is 17.3. The average Bonchev–Trinajstić information content (AvgIpc) is 2.69. The maximum Gasteiger partial charge on any atom is 0.191 e. The highest BCUT2D eigenvalue weighted by Gasteiger charge is 2.20. The number of hydrogen-bond acceptors (Lipinski definition) is 4. The first-order chi connectivity index (χ1) is 13.2. The molecule has 2 N–H and O–H groups in total. The lowest BCUT2D eigenvalue weighted by molar-refractivity contribution is 0.163. The van der Waals surface area contributed by atoms with E-state index < -0.39 is 0 Å². The number of likely N-dealkylation sites (tertiary alicyclic amines) is 1. The normalized spacial score (nSPS) is 16.7. The predicted octanol–water partition coefficient (Wildman–Crippen LogP) is 1.78. The monoisotopic (exact) mass is 375 g/mol. The first kappa shape index (κ1) is 21.7. The molecule has 0 unspecified atom stereocenters. The van der Waals surface area contributed by atoms with Crippen LogP contribution in [0.4, 0.5) is 0 Å². The number of aliphatic imine (C=N–C) groups is 1. The Bertz CT molecular complexity index is 529. The molecule has 0 aliphatic carbocycles. The van der Waals surface area contributed by atoms with Crippen LogP contribution in [0.5, 0.6) is 0 Å². The van der Waals surface area contributed by atoms with Gasteiger partial charge in [-0.15, -0.1) is 0 Å². The molecule has 27 heavy (non-hydrogen) atoms. The number of likely N-dealkylation sites (N-methyl/N-ethyl adjacent to an activating group) is 1. The van der Waals surface area contributed by atoms with Crippen molar-refractivity contribution in [3.63, 3.8) is 0 Å². The van der Waals surface area contributed by atoms with E-state index in [-0.39, 0.29) is 0 Å². The van der Waals surface area contributed by atoms with Crippen LogP contribution in [0.25, 0.3) is 0 Å². The van der Waals surface area contributed by atoms with Crippen LogP contribution < -0.4 is 10.6 Å². The molecule has 0 spiro atoms. The Kier molecular flexibility index (Phi) is 10.2. The molecule has 1 aliphatic rings. The van der Waals surface area contributed by atoms with Crippen LogP contribution in [0.2, 0.25) is 0 Å². The second-order valence-electron chi connectivity index (χ2n) is 7.24. The standard InChI is InChI=1S/C21H37N5O/c1-4-22-21(23-12-15-25(2)16-17-27-3)24-20-10-13-26(14-11-20)18-19-8-6-5-7-9-19/h5-9,20H,4,10-18H2,1-3H3,(H2,22,23,24). The fourth-order valence-corrected chi connectivity index (χ4v) is 3.28. The van der Waals surface area contributed by atoms with Gasteiger partial charge in [-0.2, -0.15) is 0 Å². The van der Waals surface area contributed by atoms with Crippen LogP contribution in [-0.2, 0) is 11.3 Å². The van der Waals surface area contributed by atoms with Gasteiger partial charge in [-0.1, -0.05) is 30.3 Å². The Balaban J connectivity index is 1.72. The third kappa shape index (κ3) is 8.73. The van der Waals surface area contributed by atoms with E-state index >= 15 is 0 Å². The SMILES string of the molecule is CCNC(=NCCN(C)CCOC)NC1CCN(Cc2ccccc2)CC1. The molecule has 0 radical (unpaired) electrons. The highest BCUT2D eigenvalue weighted by Crippen LogP contribution is 2.13. The van der Waals surface area contributed by atoms with Gasteiger partial charge < -0.3 is 20.3 Å². The molecular weight excluding hydrogens is 338 g/mol. The van der Waals surface area contributed by atoms with Gasteiger partial charge in [0.05, 0.1) is 13.2 Å². The minimum atomic E-state index is 0.501. The third-order valence-electron chi connectivity index (χ3n) is 4.95. The van der Waals surface area contributed by atoms with Gasteiger partial charge in [-0.25, -0.2) is 0 Å². The first-order valence-corrected chi connectivity index (χ1v) is 10.2. The summed E-state index contributed by atoms with van der Waals surface area (Å²) in [6.45, 7) is 9.75. The lowest BCUT2D eigenvalue weighted by Crippen LogP contribution is -2.48. The quantitative estimate of drug-likeness (QED) is 0.482. The second-order valence-corrected chi connectivity index (χ2v) is 7.24. The summed E-state index contributed by atoms with van der Waals surface area (Å²) in [5.74, 6) is 0.944. The molecular formula is C21H37N5O. The predicted molar refractivity (Wildman–Crippen MR) is 113 cm³/mol. The maximum atomic E-state index is 5.12. The molecule has 6 nitrogen and oxygen atoms in total. The van der Waals surface area contributed by atoms with Crippen LogP contribution >= 0.6 is 0 Å². The number of rotatable bonds is 10. The second kappa shape index (κ2) is 12.7. The van der Waals surface area contributed by atoms with Crippen molar-refractivity contribution in [2.45, 2.75) is 32.4 Å². The fraction of sp³-hybridized carbons (Fsp3) is 0.667. The fourth-order valence-electron chi connectivity index (χ4n) is 3.28. The van der Waals surface area contributed by atoms with Crippen molar-refractivity contribution >= 4 is 5.96 Å². The van der Waals surface area contributed by atoms with Crippen LogP contribution in [0.15, 0.2) is 35.3 Å². The summed E-state index contributed by atoms with van der Waals surface area (Å²) in [5.41, 5.74) is 1.40. The van der Waals surface area contributed by atoms with Gasteiger partial charge in [0.25, 0.3) is 0 Å². The number of nitrogens with one attached hydrogen (secondary N) is 2. The van der Waals surface area contributed by atoms with Gasteiger partial charge in [0.2, 0.25) is 0 Å². The molecule has 1 aromatic rings. The number of benzene rings is 1. The van der Waals surface area contributed by atoms with E-state index in [4.69, 9.17) is 9.73 Å². The summed E-state index contributed by atoms with van der Waals surface area (Å²) in [4.78, 5) is 9.53. The number of piperidine rings is 1. The smallest absolute Gasteiger partial charge is 0.191 e. The molecule has 1 aliphatic heterocycles. The molecule has 0 atom stereocenters. The Morgan fingerprint density at radius 3 is 2.63 bits per heavy atom. The third-order valence-corrected chi connectivity index (χ3v) is 4.95. The largest absolute Gasteiger partial charge is 0.383 e. The van der Waals surface area contributed by atoms with Crippen molar-refractivity contribution in [3.8, 4) is 0 Å². The van der Waals surface area contributed by atoms with E-state index in [1.807, 2.05) is 0 Å². The Morgan fingerprint density at radius 1 is 1.22 bits per heavy atom. The van der Waals surface area contributed by atoms with E-state index in [1.54, 1.807) is 7.11 Å². The number of ether oxygens (including phenoxy) is 1. The molecule has 0 aromatic heterocycles. The van der Waals surface area contributed by atoms with E-state index in [0.29, 0.717) is 6.04 Å². The van der Waals surface area contributed by atoms with Gasteiger partial charge in [0, 0.05) is 52.4 Å². The molecule has 0 amide bonds. The van der Waals surface area contributed by atoms with Crippen LogP contribution in [0.1, 0.15) is 25.3 Å². The van der Waals surface area contributed by atoms with Crippen molar-refractivity contribution in [1.82, 2.24) is 20.4 Å². The Morgan fingerprint density at radius 2 is 1.96 bits per heavy atom. The van der Waals surface area contributed by atoms with Crippen LogP contribution in [0.3, 0.4) is 0 Å². The Labute approximate surface area is 165 Å². The molecule has 0 saturated carbocycles. The molecule has 1 aromatic carbocycles. The van der Waals surface area contributed by atoms with Gasteiger partial charge >= 0.3 is 0 Å². The maximum absolute atomic E-state index is 5.12. The van der Waals surface area contributed by atoms with E-state index in [0.717, 1.165) is 71.2 Å². The van der Waals surface area contributed by atoms with E-state index in [9.17, 15) is 0 Å². The van der Waals surface area contributed by atoms with Crippen molar-refractivity contribution < 1.29 is 4.74 Å². The number of methoxy groups -OCH3 is 1. The van der Waals surface area contributed by atoms with Crippen LogP contribution in [-0.4, -0.2) is 81.8 Å². The molecule has 1 heterocycles. The number of guanidine groups is 1. The van der Waals surface area contributed by atoms with Crippen molar-refractivity contribution in [2.24, 2.45) is 4.99 Å². The minimum absolute atomic E-state index is 0.501.